The molecule has 0 radical (unpaired) electrons. The third-order valence-corrected chi connectivity index (χ3v) is 12.9. The van der Waals surface area contributed by atoms with Gasteiger partial charge in [0.15, 0.2) is 6.10 Å². The molecule has 1 unspecified atom stereocenters. The number of allylic oxidation sites excluding steroid dienone is 14. The van der Waals surface area contributed by atoms with E-state index in [1.807, 2.05) is 0 Å². The number of esters is 3. The second-order valence-electron chi connectivity index (χ2n) is 19.9. The van der Waals surface area contributed by atoms with Crippen LogP contribution < -0.4 is 0 Å². The van der Waals surface area contributed by atoms with E-state index in [1.165, 1.54) is 135 Å². The van der Waals surface area contributed by atoms with Gasteiger partial charge in [-0.1, -0.05) is 247 Å². The number of rotatable bonds is 54. The average molecular weight is 990 g/mol. The minimum Gasteiger partial charge on any atom is -0.462 e. The van der Waals surface area contributed by atoms with Gasteiger partial charge in [-0.05, 0) is 109 Å². The zero-order chi connectivity index (χ0) is 51.4. The minimum atomic E-state index is -0.788. The predicted octanol–water partition coefficient (Wildman–Crippen LogP) is 20.3. The lowest BCUT2D eigenvalue weighted by Crippen LogP contribution is -2.30. The summed E-state index contributed by atoms with van der Waals surface area (Å²) in [5.41, 5.74) is 0. The summed E-state index contributed by atoms with van der Waals surface area (Å²) in [6.07, 6.45) is 77.2. The topological polar surface area (TPSA) is 78.9 Å². The van der Waals surface area contributed by atoms with Gasteiger partial charge in [0.1, 0.15) is 13.2 Å². The van der Waals surface area contributed by atoms with Crippen LogP contribution in [0.15, 0.2) is 85.1 Å². The zero-order valence-electron chi connectivity index (χ0n) is 46.7. The van der Waals surface area contributed by atoms with E-state index in [4.69, 9.17) is 14.2 Å². The van der Waals surface area contributed by atoms with Gasteiger partial charge in [0, 0.05) is 19.3 Å². The third-order valence-electron chi connectivity index (χ3n) is 12.9. The number of ether oxygens (including phenoxy) is 3. The summed E-state index contributed by atoms with van der Waals surface area (Å²) in [5.74, 6) is -0.902. The summed E-state index contributed by atoms with van der Waals surface area (Å²) in [5, 5.41) is 0. The molecule has 0 spiro atoms. The van der Waals surface area contributed by atoms with Crippen LogP contribution in [0.5, 0.6) is 0 Å². The highest BCUT2D eigenvalue weighted by Gasteiger charge is 2.19. The largest absolute Gasteiger partial charge is 0.462 e. The highest BCUT2D eigenvalue weighted by Crippen LogP contribution is 2.15. The lowest BCUT2D eigenvalue weighted by atomic mass is 10.0. The molecule has 0 aliphatic carbocycles. The molecule has 0 heterocycles. The van der Waals surface area contributed by atoms with Crippen molar-refractivity contribution in [3.05, 3.63) is 85.1 Å². The maximum absolute atomic E-state index is 12.8. The van der Waals surface area contributed by atoms with Crippen molar-refractivity contribution in [3.63, 3.8) is 0 Å². The first-order valence-corrected chi connectivity index (χ1v) is 30.1. The Hall–Kier alpha value is -3.41. The lowest BCUT2D eigenvalue weighted by molar-refractivity contribution is -0.167. The summed E-state index contributed by atoms with van der Waals surface area (Å²) in [6.45, 7) is 6.48. The summed E-state index contributed by atoms with van der Waals surface area (Å²) >= 11 is 0. The van der Waals surface area contributed by atoms with Gasteiger partial charge in [-0.25, -0.2) is 0 Å². The van der Waals surface area contributed by atoms with E-state index in [0.717, 1.165) is 116 Å². The first-order valence-electron chi connectivity index (χ1n) is 30.1. The Bertz CT molecular complexity index is 1370. The Morgan fingerprint density at radius 3 is 0.915 bits per heavy atom. The van der Waals surface area contributed by atoms with Crippen molar-refractivity contribution in [1.82, 2.24) is 0 Å². The maximum atomic E-state index is 12.8. The van der Waals surface area contributed by atoms with Gasteiger partial charge in [0.2, 0.25) is 0 Å². The molecule has 0 aliphatic heterocycles. The minimum absolute atomic E-state index is 0.0848. The molecule has 0 saturated carbocycles. The Labute approximate surface area is 439 Å². The van der Waals surface area contributed by atoms with Crippen LogP contribution >= 0.6 is 0 Å². The monoisotopic (exact) mass is 989 g/mol. The number of carbonyl (C=O) groups excluding carboxylic acids is 3. The molecule has 0 saturated heterocycles. The van der Waals surface area contributed by atoms with Crippen molar-refractivity contribution in [2.24, 2.45) is 0 Å². The summed E-state index contributed by atoms with van der Waals surface area (Å²) in [4.78, 5) is 38.2. The Kier molecular flexibility index (Phi) is 56.3. The number of hydrogen-bond acceptors (Lipinski definition) is 6. The van der Waals surface area contributed by atoms with Crippen molar-refractivity contribution in [2.75, 3.05) is 13.2 Å². The first-order chi connectivity index (χ1) is 35.0. The second kappa shape index (κ2) is 59.2. The van der Waals surface area contributed by atoms with Crippen LogP contribution in [-0.4, -0.2) is 37.2 Å². The van der Waals surface area contributed by atoms with Crippen LogP contribution in [0.4, 0.5) is 0 Å². The van der Waals surface area contributed by atoms with E-state index in [9.17, 15) is 14.4 Å². The summed E-state index contributed by atoms with van der Waals surface area (Å²) < 4.78 is 16.9. The fraction of sp³-hybridized carbons (Fsp3) is 0.738. The maximum Gasteiger partial charge on any atom is 0.306 e. The molecule has 0 amide bonds. The second-order valence-corrected chi connectivity index (χ2v) is 19.9. The van der Waals surface area contributed by atoms with Gasteiger partial charge in [-0.3, -0.25) is 14.4 Å². The van der Waals surface area contributed by atoms with Crippen molar-refractivity contribution in [3.8, 4) is 0 Å². The quantitative estimate of drug-likeness (QED) is 0.0261. The molecule has 0 rings (SSSR count). The Morgan fingerprint density at radius 1 is 0.296 bits per heavy atom. The van der Waals surface area contributed by atoms with Crippen LogP contribution in [0.3, 0.4) is 0 Å². The van der Waals surface area contributed by atoms with Crippen LogP contribution in [-0.2, 0) is 28.6 Å². The van der Waals surface area contributed by atoms with Gasteiger partial charge in [-0.2, -0.15) is 0 Å². The lowest BCUT2D eigenvalue weighted by Gasteiger charge is -2.18. The number of hydrogen-bond donors (Lipinski definition) is 0. The van der Waals surface area contributed by atoms with E-state index in [2.05, 4.69) is 106 Å². The molecule has 0 aromatic carbocycles. The molecule has 0 fully saturated rings. The molecule has 6 nitrogen and oxygen atoms in total. The van der Waals surface area contributed by atoms with Gasteiger partial charge in [0.25, 0.3) is 0 Å². The molecule has 0 aromatic rings. The molecule has 6 heteroatoms. The Balaban J connectivity index is 4.30. The van der Waals surface area contributed by atoms with Crippen molar-refractivity contribution < 1.29 is 28.6 Å². The molecule has 0 aliphatic rings. The zero-order valence-corrected chi connectivity index (χ0v) is 46.7. The number of carbonyl (C=O) groups is 3. The van der Waals surface area contributed by atoms with E-state index >= 15 is 0 Å². The van der Waals surface area contributed by atoms with Crippen LogP contribution in [0.25, 0.3) is 0 Å². The SMILES string of the molecule is CC/C=C\C/C=C\C/C=C\C/C=C\CCCCCCCCCCCCCCC(=O)OCC(COC(=O)CCCCCCC/C=C\CCCCCCC)OC(=O)CCCCCCC/C=C\C/C=C\CCCC. The molecule has 0 N–H and O–H groups in total. The van der Waals surface area contributed by atoms with Crippen molar-refractivity contribution in [2.45, 2.75) is 297 Å². The summed E-state index contributed by atoms with van der Waals surface area (Å²) in [6, 6.07) is 0. The van der Waals surface area contributed by atoms with Crippen molar-refractivity contribution >= 4 is 17.9 Å². The van der Waals surface area contributed by atoms with E-state index < -0.39 is 6.10 Å². The molecule has 1 atom stereocenters. The normalized spacial score (nSPS) is 12.7. The van der Waals surface area contributed by atoms with Gasteiger partial charge in [0.05, 0.1) is 0 Å². The van der Waals surface area contributed by atoms with Crippen LogP contribution in [0.2, 0.25) is 0 Å². The van der Waals surface area contributed by atoms with Crippen LogP contribution in [0.1, 0.15) is 290 Å². The molecule has 408 valence electrons. The summed E-state index contributed by atoms with van der Waals surface area (Å²) in [7, 11) is 0. The first kappa shape index (κ1) is 67.6. The predicted molar refractivity (Wildman–Crippen MR) is 307 cm³/mol. The van der Waals surface area contributed by atoms with E-state index in [0.29, 0.717) is 19.3 Å². The molecule has 0 aromatic heterocycles. The molecule has 0 bridgehead atoms. The highest BCUT2D eigenvalue weighted by atomic mass is 16.6. The van der Waals surface area contributed by atoms with Crippen LogP contribution in [0, 0.1) is 0 Å². The molecule has 71 heavy (non-hydrogen) atoms. The molecular weight excluding hydrogens is 877 g/mol. The van der Waals surface area contributed by atoms with E-state index in [-0.39, 0.29) is 31.1 Å². The molecular formula is C65H112O6. The van der Waals surface area contributed by atoms with Gasteiger partial charge < -0.3 is 14.2 Å². The fourth-order valence-electron chi connectivity index (χ4n) is 8.33. The van der Waals surface area contributed by atoms with Gasteiger partial charge >= 0.3 is 17.9 Å². The smallest absolute Gasteiger partial charge is 0.306 e. The highest BCUT2D eigenvalue weighted by molar-refractivity contribution is 5.71. The Morgan fingerprint density at radius 2 is 0.563 bits per heavy atom. The third kappa shape index (κ3) is 57.4. The van der Waals surface area contributed by atoms with E-state index in [1.54, 1.807) is 0 Å². The number of unbranched alkanes of at least 4 members (excludes halogenated alkanes) is 29. The standard InChI is InChI=1S/C65H112O6/c1-4-7-10-13-16-19-22-25-28-29-30-31-32-33-34-35-36-37-38-41-43-46-49-52-55-58-64(67)70-61-62(71-65(68)59-56-53-50-47-44-40-27-24-21-18-15-12-9-6-3)60-69-63(66)57-54-51-48-45-42-39-26-23-20-17-14-11-8-5-2/h7,10,15-16,18-19,23-28,30-31,62H,4-6,8-9,11-14,17,20-22,29,32-61H2,1-3H3/b10-7-,18-15-,19-16-,26-23-,27-24-,28-25-,31-30-. The van der Waals surface area contributed by atoms with Gasteiger partial charge in [-0.15, -0.1) is 0 Å². The fourth-order valence-corrected chi connectivity index (χ4v) is 8.33. The van der Waals surface area contributed by atoms with Crippen molar-refractivity contribution in [1.29, 1.82) is 0 Å². The average Bonchev–Trinajstić information content (AvgIpc) is 3.37.